The zero-order valence-corrected chi connectivity index (χ0v) is 15.2. The lowest BCUT2D eigenvalue weighted by molar-refractivity contribution is 0.196. The van der Waals surface area contributed by atoms with Crippen LogP contribution in [0.4, 0.5) is 5.82 Å². The minimum absolute atomic E-state index is 0.420. The van der Waals surface area contributed by atoms with Crippen molar-refractivity contribution in [3.63, 3.8) is 0 Å². The number of benzene rings is 1. The molecule has 1 aliphatic heterocycles. The van der Waals surface area contributed by atoms with Gasteiger partial charge in [-0.15, -0.1) is 0 Å². The first-order valence-corrected chi connectivity index (χ1v) is 8.64. The van der Waals surface area contributed by atoms with Gasteiger partial charge in [-0.25, -0.2) is 9.97 Å². The maximum atomic E-state index is 5.49. The van der Waals surface area contributed by atoms with E-state index in [2.05, 4.69) is 38.9 Å². The lowest BCUT2D eigenvalue weighted by Gasteiger charge is -2.38. The van der Waals surface area contributed by atoms with Crippen molar-refractivity contribution in [3.8, 4) is 11.6 Å². The van der Waals surface area contributed by atoms with Gasteiger partial charge in [0.15, 0.2) is 0 Å². The normalized spacial score (nSPS) is 18.0. The van der Waals surface area contributed by atoms with E-state index in [4.69, 9.17) is 9.47 Å². The summed E-state index contributed by atoms with van der Waals surface area (Å²) >= 11 is 0. The molecule has 1 unspecified atom stereocenters. The molecule has 2 heterocycles. The van der Waals surface area contributed by atoms with E-state index in [9.17, 15) is 0 Å². The van der Waals surface area contributed by atoms with Crippen molar-refractivity contribution in [1.82, 2.24) is 14.9 Å². The number of anilines is 1. The van der Waals surface area contributed by atoms with Crippen molar-refractivity contribution in [2.45, 2.75) is 25.4 Å². The molecule has 0 bridgehead atoms. The molecular formula is C19H26N4O2. The smallest absolute Gasteiger partial charge is 0.218 e. The molecule has 3 rings (SSSR count). The number of ether oxygens (including phenoxy) is 2. The third kappa shape index (κ3) is 4.20. The van der Waals surface area contributed by atoms with Gasteiger partial charge in [0.05, 0.1) is 14.2 Å². The Morgan fingerprint density at radius 3 is 2.84 bits per heavy atom. The minimum atomic E-state index is 0.420. The highest BCUT2D eigenvalue weighted by Crippen LogP contribution is 2.25. The summed E-state index contributed by atoms with van der Waals surface area (Å²) in [6, 6.07) is 10.6. The van der Waals surface area contributed by atoms with Gasteiger partial charge in [0.25, 0.3) is 0 Å². The van der Waals surface area contributed by atoms with Crippen molar-refractivity contribution >= 4 is 5.82 Å². The lowest BCUT2D eigenvalue weighted by atomic mass is 10.0. The van der Waals surface area contributed by atoms with E-state index >= 15 is 0 Å². The molecule has 0 radical (unpaired) electrons. The third-order valence-electron chi connectivity index (χ3n) is 4.81. The summed E-state index contributed by atoms with van der Waals surface area (Å²) in [6.45, 7) is 3.01. The molecule has 1 fully saturated rings. The molecule has 0 N–H and O–H groups in total. The molecule has 134 valence electrons. The second-order valence-electron chi connectivity index (χ2n) is 6.37. The van der Waals surface area contributed by atoms with Crippen molar-refractivity contribution in [1.29, 1.82) is 0 Å². The number of hydrogen-bond acceptors (Lipinski definition) is 6. The second-order valence-corrected chi connectivity index (χ2v) is 6.37. The van der Waals surface area contributed by atoms with E-state index in [1.165, 1.54) is 12.0 Å². The quantitative estimate of drug-likeness (QED) is 0.804. The standard InChI is InChI=1S/C19H26N4O2/c1-22(18-11-19(25-3)21-14-20-18)16-8-6-10-23(13-16)12-15-7-4-5-9-17(15)24-2/h4-5,7,9,11,14,16H,6,8,10,12-13H2,1-3H3. The Hall–Kier alpha value is -2.34. The molecule has 0 amide bonds. The average molecular weight is 342 g/mol. The predicted molar refractivity (Wildman–Crippen MR) is 98.3 cm³/mol. The Bertz CT molecular complexity index is 695. The molecule has 1 atom stereocenters. The molecule has 0 aliphatic carbocycles. The molecule has 1 aromatic carbocycles. The maximum Gasteiger partial charge on any atom is 0.218 e. The largest absolute Gasteiger partial charge is 0.496 e. The van der Waals surface area contributed by atoms with Gasteiger partial charge in [-0.2, -0.15) is 0 Å². The van der Waals surface area contributed by atoms with Gasteiger partial charge >= 0.3 is 0 Å². The lowest BCUT2D eigenvalue weighted by Crippen LogP contribution is -2.46. The molecular weight excluding hydrogens is 316 g/mol. The Morgan fingerprint density at radius 2 is 2.04 bits per heavy atom. The first-order valence-electron chi connectivity index (χ1n) is 8.64. The number of likely N-dealkylation sites (tertiary alicyclic amines) is 1. The molecule has 25 heavy (non-hydrogen) atoms. The highest BCUT2D eigenvalue weighted by atomic mass is 16.5. The van der Waals surface area contributed by atoms with Crippen LogP contribution in [0.3, 0.4) is 0 Å². The summed E-state index contributed by atoms with van der Waals surface area (Å²) in [4.78, 5) is 13.2. The summed E-state index contributed by atoms with van der Waals surface area (Å²) in [5, 5.41) is 0. The van der Waals surface area contributed by atoms with Gasteiger partial charge in [-0.1, -0.05) is 18.2 Å². The van der Waals surface area contributed by atoms with Crippen molar-refractivity contribution in [2.75, 3.05) is 39.3 Å². The minimum Gasteiger partial charge on any atom is -0.496 e. The van der Waals surface area contributed by atoms with Gasteiger partial charge in [-0.3, -0.25) is 4.90 Å². The summed E-state index contributed by atoms with van der Waals surface area (Å²) < 4.78 is 10.7. The van der Waals surface area contributed by atoms with Crippen LogP contribution in [0.2, 0.25) is 0 Å². The van der Waals surface area contributed by atoms with Crippen LogP contribution in [0.15, 0.2) is 36.7 Å². The van der Waals surface area contributed by atoms with Gasteiger partial charge in [0.2, 0.25) is 5.88 Å². The molecule has 0 saturated carbocycles. The fourth-order valence-corrected chi connectivity index (χ4v) is 3.39. The number of nitrogens with zero attached hydrogens (tertiary/aromatic N) is 4. The average Bonchev–Trinajstić information content (AvgIpc) is 2.68. The van der Waals surface area contributed by atoms with Crippen LogP contribution in [0.1, 0.15) is 18.4 Å². The van der Waals surface area contributed by atoms with Crippen molar-refractivity contribution in [2.24, 2.45) is 0 Å². The van der Waals surface area contributed by atoms with Gasteiger partial charge in [-0.05, 0) is 25.5 Å². The Labute approximate surface area is 149 Å². The van der Waals surface area contributed by atoms with E-state index in [1.807, 2.05) is 18.2 Å². The number of piperidine rings is 1. The van der Waals surface area contributed by atoms with E-state index in [-0.39, 0.29) is 0 Å². The molecule has 6 nitrogen and oxygen atoms in total. The third-order valence-corrected chi connectivity index (χ3v) is 4.81. The number of likely N-dealkylation sites (N-methyl/N-ethyl adjacent to an activating group) is 1. The van der Waals surface area contributed by atoms with E-state index in [0.717, 1.165) is 37.6 Å². The van der Waals surface area contributed by atoms with Crippen LogP contribution < -0.4 is 14.4 Å². The first kappa shape index (κ1) is 17.5. The molecule has 0 spiro atoms. The van der Waals surface area contributed by atoms with Gasteiger partial charge in [0, 0.05) is 37.8 Å². The highest BCUT2D eigenvalue weighted by molar-refractivity contribution is 5.41. The summed E-state index contributed by atoms with van der Waals surface area (Å²) in [5.41, 5.74) is 1.23. The van der Waals surface area contributed by atoms with Gasteiger partial charge in [0.1, 0.15) is 17.9 Å². The van der Waals surface area contributed by atoms with Crippen molar-refractivity contribution < 1.29 is 9.47 Å². The summed E-state index contributed by atoms with van der Waals surface area (Å²) in [7, 11) is 5.45. The zero-order valence-electron chi connectivity index (χ0n) is 15.2. The van der Waals surface area contributed by atoms with E-state index in [0.29, 0.717) is 11.9 Å². The van der Waals surface area contributed by atoms with Crippen LogP contribution in [-0.2, 0) is 6.54 Å². The molecule has 1 aliphatic rings. The Kier molecular flexibility index (Phi) is 5.71. The number of methoxy groups -OCH3 is 2. The van der Waals surface area contributed by atoms with Crippen LogP contribution in [0, 0.1) is 0 Å². The van der Waals surface area contributed by atoms with E-state index < -0.39 is 0 Å². The van der Waals surface area contributed by atoms with Crippen LogP contribution in [-0.4, -0.2) is 55.3 Å². The van der Waals surface area contributed by atoms with Crippen LogP contribution >= 0.6 is 0 Å². The highest BCUT2D eigenvalue weighted by Gasteiger charge is 2.25. The predicted octanol–water partition coefficient (Wildman–Crippen LogP) is 2.59. The SMILES string of the molecule is COc1cc(N(C)C2CCCN(Cc3ccccc3OC)C2)ncn1. The van der Waals surface area contributed by atoms with E-state index in [1.54, 1.807) is 20.5 Å². The Morgan fingerprint density at radius 1 is 1.20 bits per heavy atom. The second kappa shape index (κ2) is 8.16. The molecule has 6 heteroatoms. The number of para-hydroxylation sites is 1. The number of hydrogen-bond donors (Lipinski definition) is 0. The first-order chi connectivity index (χ1) is 12.2. The fourth-order valence-electron chi connectivity index (χ4n) is 3.39. The molecule has 2 aromatic rings. The summed E-state index contributed by atoms with van der Waals surface area (Å²) in [6.07, 6.45) is 3.89. The molecule has 1 aromatic heterocycles. The van der Waals surface area contributed by atoms with Gasteiger partial charge < -0.3 is 14.4 Å². The van der Waals surface area contributed by atoms with Crippen LogP contribution in [0.25, 0.3) is 0 Å². The van der Waals surface area contributed by atoms with Crippen molar-refractivity contribution in [3.05, 3.63) is 42.2 Å². The van der Waals surface area contributed by atoms with Crippen LogP contribution in [0.5, 0.6) is 11.6 Å². The monoisotopic (exact) mass is 342 g/mol. The maximum absolute atomic E-state index is 5.49. The number of rotatable bonds is 6. The fraction of sp³-hybridized carbons (Fsp3) is 0.474. The number of aromatic nitrogens is 2. The topological polar surface area (TPSA) is 50.7 Å². The Balaban J connectivity index is 1.68. The molecule has 1 saturated heterocycles. The zero-order chi connectivity index (χ0) is 17.6. The summed E-state index contributed by atoms with van der Waals surface area (Å²) in [5.74, 6) is 2.45.